The third kappa shape index (κ3) is 2.87. The standard InChI is InChI=1S/C8H6N2O2.C2H6/c1-12-8(11)7-5-10-3-2-6(7)4-9;1-2/h2-3,5H,1H3;1-2H3. The summed E-state index contributed by atoms with van der Waals surface area (Å²) in [6.45, 7) is 4.00. The Balaban J connectivity index is 0.000000791. The Bertz CT molecular complexity index is 342. The van der Waals surface area contributed by atoms with Gasteiger partial charge in [0.1, 0.15) is 6.07 Å². The molecule has 0 aliphatic carbocycles. The molecule has 1 aromatic rings. The number of carbonyl (C=O) groups excluding carboxylic acids is 1. The van der Waals surface area contributed by atoms with Crippen LogP contribution in [0.4, 0.5) is 0 Å². The molecule has 4 heteroatoms. The van der Waals surface area contributed by atoms with Gasteiger partial charge in [0.05, 0.1) is 18.2 Å². The number of esters is 1. The molecule has 0 radical (unpaired) electrons. The van der Waals surface area contributed by atoms with Crippen molar-refractivity contribution in [2.75, 3.05) is 7.11 Å². The molecule has 1 rings (SSSR count). The number of hydrogen-bond donors (Lipinski definition) is 0. The van der Waals surface area contributed by atoms with Crippen molar-refractivity contribution in [2.24, 2.45) is 0 Å². The minimum absolute atomic E-state index is 0.197. The number of ether oxygens (including phenoxy) is 1. The highest BCUT2D eigenvalue weighted by Gasteiger charge is 2.10. The Morgan fingerprint density at radius 2 is 2.21 bits per heavy atom. The molecule has 4 nitrogen and oxygen atoms in total. The van der Waals surface area contributed by atoms with E-state index in [2.05, 4.69) is 9.72 Å². The van der Waals surface area contributed by atoms with Crippen LogP contribution in [-0.4, -0.2) is 18.1 Å². The zero-order valence-electron chi connectivity index (χ0n) is 8.44. The van der Waals surface area contributed by atoms with Gasteiger partial charge in [-0.1, -0.05) is 13.8 Å². The van der Waals surface area contributed by atoms with Crippen molar-refractivity contribution in [1.29, 1.82) is 5.26 Å². The fourth-order valence-electron chi connectivity index (χ4n) is 0.765. The first kappa shape index (κ1) is 12.1. The lowest BCUT2D eigenvalue weighted by Gasteiger charge is -1.98. The summed E-state index contributed by atoms with van der Waals surface area (Å²) in [6.07, 6.45) is 2.76. The van der Waals surface area contributed by atoms with Gasteiger partial charge in [-0.05, 0) is 6.07 Å². The van der Waals surface area contributed by atoms with E-state index in [4.69, 9.17) is 5.26 Å². The lowest BCUT2D eigenvalue weighted by molar-refractivity contribution is 0.0600. The molecular formula is C10H12N2O2. The molecule has 0 spiro atoms. The van der Waals surface area contributed by atoms with E-state index in [-0.39, 0.29) is 11.1 Å². The van der Waals surface area contributed by atoms with Crippen molar-refractivity contribution in [1.82, 2.24) is 4.98 Å². The molecule has 0 aliphatic heterocycles. The van der Waals surface area contributed by atoms with Crippen LogP contribution >= 0.6 is 0 Å². The fourth-order valence-corrected chi connectivity index (χ4v) is 0.765. The molecule has 0 aromatic carbocycles. The first-order valence-electron chi connectivity index (χ1n) is 4.22. The largest absolute Gasteiger partial charge is 0.465 e. The zero-order valence-corrected chi connectivity index (χ0v) is 8.44. The quantitative estimate of drug-likeness (QED) is 0.636. The minimum Gasteiger partial charge on any atom is -0.465 e. The molecule has 0 aliphatic rings. The van der Waals surface area contributed by atoms with Crippen molar-refractivity contribution in [3.63, 3.8) is 0 Å². The summed E-state index contributed by atoms with van der Waals surface area (Å²) in [4.78, 5) is 14.7. The first-order chi connectivity index (χ1) is 6.79. The molecule has 74 valence electrons. The summed E-state index contributed by atoms with van der Waals surface area (Å²) >= 11 is 0. The highest BCUT2D eigenvalue weighted by Crippen LogP contribution is 2.05. The third-order valence-electron chi connectivity index (χ3n) is 1.35. The second kappa shape index (κ2) is 6.61. The van der Waals surface area contributed by atoms with E-state index in [1.165, 1.54) is 25.6 Å². The molecule has 1 heterocycles. The van der Waals surface area contributed by atoms with Gasteiger partial charge in [0, 0.05) is 12.4 Å². The molecule has 14 heavy (non-hydrogen) atoms. The molecule has 0 bridgehead atoms. The smallest absolute Gasteiger partial charge is 0.340 e. The number of nitriles is 1. The summed E-state index contributed by atoms with van der Waals surface area (Å²) in [7, 11) is 1.26. The van der Waals surface area contributed by atoms with Gasteiger partial charge >= 0.3 is 5.97 Å². The van der Waals surface area contributed by atoms with E-state index < -0.39 is 5.97 Å². The van der Waals surface area contributed by atoms with Gasteiger partial charge in [0.2, 0.25) is 0 Å². The van der Waals surface area contributed by atoms with Crippen LogP contribution in [-0.2, 0) is 4.74 Å². The number of hydrogen-bond acceptors (Lipinski definition) is 4. The predicted octanol–water partition coefficient (Wildman–Crippen LogP) is 1.77. The van der Waals surface area contributed by atoms with E-state index in [0.717, 1.165) is 0 Å². The number of methoxy groups -OCH3 is 1. The second-order valence-corrected chi connectivity index (χ2v) is 2.02. The van der Waals surface area contributed by atoms with E-state index in [1.54, 1.807) is 0 Å². The van der Waals surface area contributed by atoms with Gasteiger partial charge in [-0.3, -0.25) is 4.98 Å². The molecule has 0 saturated heterocycles. The van der Waals surface area contributed by atoms with Crippen LogP contribution in [0, 0.1) is 11.3 Å². The average Bonchev–Trinajstić information content (AvgIpc) is 2.30. The maximum absolute atomic E-state index is 11.0. The van der Waals surface area contributed by atoms with Crippen LogP contribution in [0.5, 0.6) is 0 Å². The Labute approximate surface area is 83.1 Å². The molecular weight excluding hydrogens is 180 g/mol. The number of carbonyl (C=O) groups is 1. The van der Waals surface area contributed by atoms with Gasteiger partial charge in [-0.2, -0.15) is 5.26 Å². The summed E-state index contributed by atoms with van der Waals surface area (Å²) in [6, 6.07) is 3.33. The Morgan fingerprint density at radius 1 is 1.57 bits per heavy atom. The van der Waals surface area contributed by atoms with Crippen molar-refractivity contribution in [3.05, 3.63) is 29.6 Å². The van der Waals surface area contributed by atoms with E-state index in [0.29, 0.717) is 0 Å². The summed E-state index contributed by atoms with van der Waals surface area (Å²) in [5.74, 6) is -0.542. The predicted molar refractivity (Wildman–Crippen MR) is 51.6 cm³/mol. The summed E-state index contributed by atoms with van der Waals surface area (Å²) in [5, 5.41) is 8.58. The van der Waals surface area contributed by atoms with Gasteiger partial charge in [-0.25, -0.2) is 4.79 Å². The van der Waals surface area contributed by atoms with Gasteiger partial charge in [0.15, 0.2) is 0 Å². The van der Waals surface area contributed by atoms with Crippen molar-refractivity contribution >= 4 is 5.97 Å². The van der Waals surface area contributed by atoms with Gasteiger partial charge in [0.25, 0.3) is 0 Å². The molecule has 0 saturated carbocycles. The molecule has 0 amide bonds. The first-order valence-corrected chi connectivity index (χ1v) is 4.22. The number of nitrogens with zero attached hydrogens (tertiary/aromatic N) is 2. The maximum Gasteiger partial charge on any atom is 0.340 e. The number of pyridine rings is 1. The van der Waals surface area contributed by atoms with Crippen LogP contribution in [0.1, 0.15) is 29.8 Å². The topological polar surface area (TPSA) is 63.0 Å². The SMILES string of the molecule is CC.COC(=O)c1cnccc1C#N. The zero-order chi connectivity index (χ0) is 11.0. The van der Waals surface area contributed by atoms with Gasteiger partial charge in [-0.15, -0.1) is 0 Å². The van der Waals surface area contributed by atoms with Crippen molar-refractivity contribution in [2.45, 2.75) is 13.8 Å². The Hall–Kier alpha value is -1.89. The monoisotopic (exact) mass is 192 g/mol. The third-order valence-corrected chi connectivity index (χ3v) is 1.35. The molecule has 0 atom stereocenters. The number of aromatic nitrogens is 1. The van der Waals surface area contributed by atoms with E-state index in [9.17, 15) is 4.79 Å². The van der Waals surface area contributed by atoms with Crippen LogP contribution in [0.25, 0.3) is 0 Å². The van der Waals surface area contributed by atoms with E-state index >= 15 is 0 Å². The van der Waals surface area contributed by atoms with Crippen LogP contribution in [0.3, 0.4) is 0 Å². The number of rotatable bonds is 1. The molecule has 1 aromatic heterocycles. The van der Waals surface area contributed by atoms with Gasteiger partial charge < -0.3 is 4.74 Å². The average molecular weight is 192 g/mol. The van der Waals surface area contributed by atoms with Crippen molar-refractivity contribution < 1.29 is 9.53 Å². The second-order valence-electron chi connectivity index (χ2n) is 2.02. The van der Waals surface area contributed by atoms with Crippen molar-refractivity contribution in [3.8, 4) is 6.07 Å². The highest BCUT2D eigenvalue weighted by molar-refractivity contribution is 5.91. The van der Waals surface area contributed by atoms with E-state index in [1.807, 2.05) is 19.9 Å². The minimum atomic E-state index is -0.542. The fraction of sp³-hybridized carbons (Fsp3) is 0.300. The summed E-state index contributed by atoms with van der Waals surface area (Å²) < 4.78 is 4.45. The normalized spacial score (nSPS) is 7.86. The Morgan fingerprint density at radius 3 is 2.71 bits per heavy atom. The molecule has 0 N–H and O–H groups in total. The summed E-state index contributed by atoms with van der Waals surface area (Å²) in [5.41, 5.74) is 0.472. The maximum atomic E-state index is 11.0. The lowest BCUT2D eigenvalue weighted by Crippen LogP contribution is -2.04. The highest BCUT2D eigenvalue weighted by atomic mass is 16.5. The van der Waals surface area contributed by atoms with Crippen LogP contribution in [0.2, 0.25) is 0 Å². The lowest BCUT2D eigenvalue weighted by atomic mass is 10.1. The Kier molecular flexibility index (Phi) is 5.72. The molecule has 0 fully saturated rings. The van der Waals surface area contributed by atoms with Crippen LogP contribution in [0.15, 0.2) is 18.5 Å². The molecule has 0 unspecified atom stereocenters. The van der Waals surface area contributed by atoms with Crippen LogP contribution < -0.4 is 0 Å².